The van der Waals surface area contributed by atoms with Gasteiger partial charge in [0.15, 0.2) is 0 Å². The molecule has 0 spiro atoms. The van der Waals surface area contributed by atoms with Gasteiger partial charge in [-0.05, 0) is 63.2 Å². The van der Waals surface area contributed by atoms with E-state index in [1.165, 1.54) is 5.56 Å². The van der Waals surface area contributed by atoms with Crippen molar-refractivity contribution < 1.29 is 14.3 Å². The molecule has 188 valence electrons. The van der Waals surface area contributed by atoms with Gasteiger partial charge in [-0.25, -0.2) is 9.78 Å². The first kappa shape index (κ1) is 25.3. The second-order valence-corrected chi connectivity index (χ2v) is 10.8. The second kappa shape index (κ2) is 10.4. The summed E-state index contributed by atoms with van der Waals surface area (Å²) in [6.45, 7) is 10.1. The number of carbonyl (C=O) groups excluding carboxylic acids is 2. The Bertz CT molecular complexity index is 1090. The number of halogens is 1. The molecule has 1 saturated heterocycles. The predicted molar refractivity (Wildman–Crippen MR) is 138 cm³/mol. The maximum Gasteiger partial charge on any atom is 0.410 e. The molecule has 2 aliphatic heterocycles. The van der Waals surface area contributed by atoms with Gasteiger partial charge in [0.25, 0.3) is 5.91 Å². The quantitative estimate of drug-likeness (QED) is 0.580. The van der Waals surface area contributed by atoms with E-state index >= 15 is 0 Å². The molecule has 1 fully saturated rings. The van der Waals surface area contributed by atoms with Gasteiger partial charge in [-0.3, -0.25) is 4.79 Å². The second-order valence-electron chi connectivity index (χ2n) is 10.3. The highest BCUT2D eigenvalue weighted by Crippen LogP contribution is 2.29. The molecule has 0 bridgehead atoms. The molecule has 1 N–H and O–H groups in total. The minimum atomic E-state index is -0.474. The molecule has 1 unspecified atom stereocenters. The van der Waals surface area contributed by atoms with Gasteiger partial charge in [0.2, 0.25) is 0 Å². The van der Waals surface area contributed by atoms with Crippen LogP contribution in [0.15, 0.2) is 30.3 Å². The van der Waals surface area contributed by atoms with Crippen LogP contribution in [0.5, 0.6) is 0 Å². The van der Waals surface area contributed by atoms with Crippen LogP contribution in [0.2, 0.25) is 0 Å². The summed E-state index contributed by atoms with van der Waals surface area (Å²) in [5, 5.41) is 2.91. The number of allylic oxidation sites excluding steroid dienone is 1. The molecule has 4 rings (SSSR count). The standard InChI is InChI=1S/C27H35ClN4O3/c1-5-22-24(32-17-21(28)10-11-23(32)30-22)25(33)29-16-18-6-8-19(9-7-18)20-12-14-31(15-13-20)26(34)35-27(2,3)4/h6-11,20-21H,5,12-17H2,1-4H3,(H,29,33). The molecule has 1 atom stereocenters. The summed E-state index contributed by atoms with van der Waals surface area (Å²) in [5.74, 6) is 1.07. The Morgan fingerprint density at radius 3 is 2.49 bits per heavy atom. The number of ether oxygens (including phenoxy) is 1. The van der Waals surface area contributed by atoms with Crippen molar-refractivity contribution in [1.82, 2.24) is 19.8 Å². The molecule has 2 aromatic rings. The number of rotatable bonds is 5. The number of aromatic nitrogens is 2. The number of hydrogen-bond donors (Lipinski definition) is 1. The van der Waals surface area contributed by atoms with Gasteiger partial charge in [-0.2, -0.15) is 0 Å². The first-order valence-electron chi connectivity index (χ1n) is 12.4. The maximum atomic E-state index is 13.0. The van der Waals surface area contributed by atoms with E-state index in [0.717, 1.165) is 29.9 Å². The molecule has 35 heavy (non-hydrogen) atoms. The van der Waals surface area contributed by atoms with Gasteiger partial charge in [-0.1, -0.05) is 37.3 Å². The molecule has 1 aromatic carbocycles. The van der Waals surface area contributed by atoms with Crippen LogP contribution in [0.1, 0.15) is 79.6 Å². The number of likely N-dealkylation sites (tertiary alicyclic amines) is 1. The fourth-order valence-electron chi connectivity index (χ4n) is 4.66. The number of aryl methyl sites for hydroxylation is 1. The number of carbonyl (C=O) groups is 2. The molecule has 8 heteroatoms. The number of benzene rings is 1. The lowest BCUT2D eigenvalue weighted by Crippen LogP contribution is -2.41. The fourth-order valence-corrected chi connectivity index (χ4v) is 4.87. The van der Waals surface area contributed by atoms with Gasteiger partial charge in [0, 0.05) is 26.2 Å². The van der Waals surface area contributed by atoms with Gasteiger partial charge in [0.05, 0.1) is 11.1 Å². The maximum absolute atomic E-state index is 13.0. The molecule has 2 amide bonds. The SMILES string of the molecule is CCc1nc2n(c1C(=O)NCc1ccc(C3CCN(C(=O)OC(C)(C)C)CC3)cc1)CC(Cl)C=C2. The largest absolute Gasteiger partial charge is 0.444 e. The van der Waals surface area contributed by atoms with Crippen LogP contribution in [0.4, 0.5) is 4.79 Å². The van der Waals surface area contributed by atoms with Gasteiger partial charge < -0.3 is 19.5 Å². The van der Waals surface area contributed by atoms with Crippen molar-refractivity contribution in [2.24, 2.45) is 0 Å². The Morgan fingerprint density at radius 1 is 1.17 bits per heavy atom. The Kier molecular flexibility index (Phi) is 7.55. The molecular formula is C27H35ClN4O3. The lowest BCUT2D eigenvalue weighted by Gasteiger charge is -2.33. The zero-order chi connectivity index (χ0) is 25.2. The first-order valence-corrected chi connectivity index (χ1v) is 12.8. The van der Waals surface area contributed by atoms with Crippen molar-refractivity contribution in [2.45, 2.75) is 76.9 Å². The molecule has 7 nitrogen and oxygen atoms in total. The van der Waals surface area contributed by atoms with Crippen molar-refractivity contribution in [3.8, 4) is 0 Å². The molecular weight excluding hydrogens is 464 g/mol. The number of nitrogens with zero attached hydrogens (tertiary/aromatic N) is 3. The van der Waals surface area contributed by atoms with E-state index in [4.69, 9.17) is 16.3 Å². The third-order valence-corrected chi connectivity index (χ3v) is 6.76. The third-order valence-electron chi connectivity index (χ3n) is 6.48. The van der Waals surface area contributed by atoms with Crippen molar-refractivity contribution in [3.63, 3.8) is 0 Å². The average molecular weight is 499 g/mol. The van der Waals surface area contributed by atoms with Crippen LogP contribution in [0.3, 0.4) is 0 Å². The van der Waals surface area contributed by atoms with E-state index in [2.05, 4.69) is 34.6 Å². The van der Waals surface area contributed by atoms with E-state index in [1.807, 2.05) is 44.4 Å². The first-order chi connectivity index (χ1) is 16.6. The fraction of sp³-hybridized carbons (Fsp3) is 0.519. The Labute approximate surface area is 212 Å². The Balaban J connectivity index is 1.32. The van der Waals surface area contributed by atoms with Gasteiger partial charge in [0.1, 0.15) is 17.1 Å². The summed E-state index contributed by atoms with van der Waals surface area (Å²) in [6, 6.07) is 8.41. The molecule has 2 aliphatic rings. The predicted octanol–water partition coefficient (Wildman–Crippen LogP) is 5.12. The normalized spacial score (nSPS) is 18.3. The zero-order valence-electron chi connectivity index (χ0n) is 21.0. The highest BCUT2D eigenvalue weighted by atomic mass is 35.5. The van der Waals surface area contributed by atoms with E-state index < -0.39 is 5.60 Å². The van der Waals surface area contributed by atoms with E-state index in [-0.39, 0.29) is 17.4 Å². The summed E-state index contributed by atoms with van der Waals surface area (Å²) in [6.07, 6.45) is 6.08. The highest BCUT2D eigenvalue weighted by Gasteiger charge is 2.28. The lowest BCUT2D eigenvalue weighted by atomic mass is 9.89. The topological polar surface area (TPSA) is 76.5 Å². The van der Waals surface area contributed by atoms with E-state index in [1.54, 1.807) is 4.90 Å². The smallest absolute Gasteiger partial charge is 0.410 e. The summed E-state index contributed by atoms with van der Waals surface area (Å²) < 4.78 is 7.41. The monoisotopic (exact) mass is 498 g/mol. The van der Waals surface area contributed by atoms with E-state index in [0.29, 0.717) is 44.2 Å². The molecule has 1 aromatic heterocycles. The van der Waals surface area contributed by atoms with Gasteiger partial charge in [-0.15, -0.1) is 11.6 Å². The summed E-state index contributed by atoms with van der Waals surface area (Å²) in [7, 11) is 0. The highest BCUT2D eigenvalue weighted by molar-refractivity contribution is 6.22. The van der Waals surface area contributed by atoms with Crippen LogP contribution < -0.4 is 5.32 Å². The molecule has 0 saturated carbocycles. The molecule has 0 radical (unpaired) electrons. The van der Waals surface area contributed by atoms with Crippen LogP contribution in [-0.4, -0.2) is 50.5 Å². The van der Waals surface area contributed by atoms with E-state index in [9.17, 15) is 9.59 Å². The number of nitrogens with one attached hydrogen (secondary N) is 1. The number of amides is 2. The van der Waals surface area contributed by atoms with Crippen LogP contribution in [0, 0.1) is 0 Å². The Hall–Kier alpha value is -2.80. The molecule has 3 heterocycles. The summed E-state index contributed by atoms with van der Waals surface area (Å²) in [4.78, 5) is 31.7. The van der Waals surface area contributed by atoms with Crippen molar-refractivity contribution in [3.05, 3.63) is 58.7 Å². The van der Waals surface area contributed by atoms with Crippen molar-refractivity contribution in [1.29, 1.82) is 0 Å². The van der Waals surface area contributed by atoms with Crippen LogP contribution in [0.25, 0.3) is 6.08 Å². The number of piperidine rings is 1. The zero-order valence-corrected chi connectivity index (χ0v) is 21.8. The number of fused-ring (bicyclic) bond motifs is 1. The number of alkyl halides is 1. The number of imidazole rings is 1. The molecule has 0 aliphatic carbocycles. The average Bonchev–Trinajstić information content (AvgIpc) is 3.19. The minimum absolute atomic E-state index is 0.127. The van der Waals surface area contributed by atoms with Crippen LogP contribution in [-0.2, 0) is 24.2 Å². The van der Waals surface area contributed by atoms with Crippen molar-refractivity contribution in [2.75, 3.05) is 13.1 Å². The van der Waals surface area contributed by atoms with Gasteiger partial charge >= 0.3 is 6.09 Å². The number of hydrogen-bond acceptors (Lipinski definition) is 4. The third kappa shape index (κ3) is 6.07. The summed E-state index contributed by atoms with van der Waals surface area (Å²) in [5.41, 5.74) is 3.23. The lowest BCUT2D eigenvalue weighted by molar-refractivity contribution is 0.0204. The van der Waals surface area contributed by atoms with Crippen LogP contribution >= 0.6 is 11.6 Å². The summed E-state index contributed by atoms with van der Waals surface area (Å²) >= 11 is 6.28. The minimum Gasteiger partial charge on any atom is -0.444 e. The van der Waals surface area contributed by atoms with Crippen molar-refractivity contribution >= 4 is 29.7 Å². The Morgan fingerprint density at radius 2 is 1.86 bits per heavy atom.